The van der Waals surface area contributed by atoms with Gasteiger partial charge in [0.05, 0.1) is 12.6 Å². The van der Waals surface area contributed by atoms with Crippen molar-refractivity contribution in [1.82, 2.24) is 5.32 Å². The molecule has 0 spiro atoms. The van der Waals surface area contributed by atoms with Crippen molar-refractivity contribution in [3.05, 3.63) is 66.0 Å². The molecule has 1 aromatic rings. The smallest absolute Gasteiger partial charge is 0.287 e. The molecule has 0 aromatic heterocycles. The van der Waals surface area contributed by atoms with Crippen molar-refractivity contribution in [1.29, 1.82) is 0 Å². The van der Waals surface area contributed by atoms with Gasteiger partial charge in [0.25, 0.3) is 11.8 Å². The molecule has 0 saturated heterocycles. The van der Waals surface area contributed by atoms with Crippen LogP contribution in [0.3, 0.4) is 0 Å². The number of primary amides is 1. The molecular formula is C23H28N2O4. The van der Waals surface area contributed by atoms with Gasteiger partial charge in [0, 0.05) is 5.56 Å². The van der Waals surface area contributed by atoms with Crippen molar-refractivity contribution in [3.63, 3.8) is 0 Å². The first-order chi connectivity index (χ1) is 13.9. The van der Waals surface area contributed by atoms with Gasteiger partial charge in [-0.2, -0.15) is 0 Å². The Morgan fingerprint density at radius 3 is 2.55 bits per heavy atom. The molecule has 2 rings (SSSR count). The van der Waals surface area contributed by atoms with Crippen molar-refractivity contribution in [2.45, 2.75) is 45.1 Å². The molecule has 1 heterocycles. The fourth-order valence-electron chi connectivity index (χ4n) is 3.24. The number of ether oxygens (including phenoxy) is 1. The van der Waals surface area contributed by atoms with E-state index in [1.54, 1.807) is 24.3 Å². The SMILES string of the molecule is C=C/C=C1\C=C(/C)c2ccccc2C(=O)N[C@H](C(=O)C(N)=O)CCCCCCO1. The van der Waals surface area contributed by atoms with Crippen LogP contribution in [0.2, 0.25) is 0 Å². The lowest BCUT2D eigenvalue weighted by molar-refractivity contribution is -0.137. The Kier molecular flexibility index (Phi) is 8.40. The molecule has 154 valence electrons. The van der Waals surface area contributed by atoms with Crippen molar-refractivity contribution in [2.75, 3.05) is 6.61 Å². The van der Waals surface area contributed by atoms with Crippen LogP contribution in [0.1, 0.15) is 54.9 Å². The average Bonchev–Trinajstić information content (AvgIpc) is 2.71. The Morgan fingerprint density at radius 1 is 1.17 bits per heavy atom. The van der Waals surface area contributed by atoms with E-state index in [-0.39, 0.29) is 0 Å². The van der Waals surface area contributed by atoms with Gasteiger partial charge >= 0.3 is 0 Å². The molecule has 0 bridgehead atoms. The predicted molar refractivity (Wildman–Crippen MR) is 113 cm³/mol. The highest BCUT2D eigenvalue weighted by Gasteiger charge is 2.26. The summed E-state index contributed by atoms with van der Waals surface area (Å²) in [5.74, 6) is -1.56. The number of amides is 2. The van der Waals surface area contributed by atoms with E-state index in [9.17, 15) is 14.4 Å². The number of Topliss-reactive ketones (excluding diaryl/α,β-unsaturated/α-hetero) is 1. The molecule has 1 aliphatic rings. The maximum absolute atomic E-state index is 12.9. The van der Waals surface area contributed by atoms with E-state index in [0.29, 0.717) is 36.3 Å². The Balaban J connectivity index is 2.43. The number of fused-ring (bicyclic) bond motifs is 1. The average molecular weight is 396 g/mol. The number of ketones is 1. The minimum absolute atomic E-state index is 0.368. The van der Waals surface area contributed by atoms with Crippen molar-refractivity contribution >= 4 is 23.2 Å². The van der Waals surface area contributed by atoms with Gasteiger partial charge in [-0.05, 0) is 49.1 Å². The first-order valence-corrected chi connectivity index (χ1v) is 9.81. The zero-order valence-electron chi connectivity index (χ0n) is 16.8. The summed E-state index contributed by atoms with van der Waals surface area (Å²) in [5.41, 5.74) is 7.13. The number of nitrogens with two attached hydrogens (primary N) is 1. The van der Waals surface area contributed by atoms with E-state index in [1.165, 1.54) is 0 Å². The third kappa shape index (κ3) is 6.45. The van der Waals surface area contributed by atoms with E-state index in [2.05, 4.69) is 11.9 Å². The van der Waals surface area contributed by atoms with Gasteiger partial charge in [0.1, 0.15) is 5.76 Å². The first kappa shape index (κ1) is 22.1. The maximum atomic E-state index is 12.9. The zero-order valence-corrected chi connectivity index (χ0v) is 16.8. The van der Waals surface area contributed by atoms with E-state index < -0.39 is 23.6 Å². The topological polar surface area (TPSA) is 98.5 Å². The van der Waals surface area contributed by atoms with Gasteiger partial charge in [-0.1, -0.05) is 50.1 Å². The third-order valence-corrected chi connectivity index (χ3v) is 4.76. The molecule has 1 aromatic carbocycles. The molecule has 0 radical (unpaired) electrons. The number of hydrogen-bond acceptors (Lipinski definition) is 4. The number of allylic oxidation sites excluding steroid dienone is 4. The molecule has 1 aliphatic heterocycles. The fourth-order valence-corrected chi connectivity index (χ4v) is 3.24. The number of nitrogens with one attached hydrogen (secondary N) is 1. The molecule has 0 saturated carbocycles. The van der Waals surface area contributed by atoms with Crippen molar-refractivity contribution in [2.24, 2.45) is 5.73 Å². The highest BCUT2D eigenvalue weighted by atomic mass is 16.5. The van der Waals surface area contributed by atoms with Gasteiger partial charge in [0.15, 0.2) is 0 Å². The van der Waals surface area contributed by atoms with Crippen LogP contribution < -0.4 is 11.1 Å². The minimum Gasteiger partial charge on any atom is -0.494 e. The number of rotatable bonds is 3. The van der Waals surface area contributed by atoms with E-state index in [0.717, 1.165) is 24.8 Å². The monoisotopic (exact) mass is 396 g/mol. The molecular weight excluding hydrogens is 368 g/mol. The van der Waals surface area contributed by atoms with Crippen LogP contribution in [-0.4, -0.2) is 30.2 Å². The predicted octanol–water partition coefficient (Wildman–Crippen LogP) is 3.29. The largest absolute Gasteiger partial charge is 0.494 e. The van der Waals surface area contributed by atoms with Crippen LogP contribution in [0.25, 0.3) is 5.57 Å². The Morgan fingerprint density at radius 2 is 1.86 bits per heavy atom. The van der Waals surface area contributed by atoms with Crippen molar-refractivity contribution < 1.29 is 19.1 Å². The first-order valence-electron chi connectivity index (χ1n) is 9.81. The second-order valence-corrected chi connectivity index (χ2v) is 6.98. The molecule has 0 unspecified atom stereocenters. The van der Waals surface area contributed by atoms with Crippen LogP contribution in [-0.2, 0) is 14.3 Å². The summed E-state index contributed by atoms with van der Waals surface area (Å²) in [7, 11) is 0. The zero-order chi connectivity index (χ0) is 21.2. The molecule has 0 aliphatic carbocycles. The molecule has 29 heavy (non-hydrogen) atoms. The number of benzene rings is 1. The number of carbonyl (C=O) groups excluding carboxylic acids is 3. The molecule has 0 fully saturated rings. The van der Waals surface area contributed by atoms with Gasteiger partial charge < -0.3 is 15.8 Å². The highest BCUT2D eigenvalue weighted by molar-refractivity contribution is 6.38. The van der Waals surface area contributed by atoms with E-state index >= 15 is 0 Å². The summed E-state index contributed by atoms with van der Waals surface area (Å²) in [4.78, 5) is 36.5. The van der Waals surface area contributed by atoms with Gasteiger partial charge in [0.2, 0.25) is 5.78 Å². The lowest BCUT2D eigenvalue weighted by Gasteiger charge is -2.17. The Bertz CT molecular complexity index is 839. The molecule has 1 atom stereocenters. The standard InChI is InChI=1S/C23H28N2O4/c1-3-10-17-15-16(2)18-11-7-8-12-19(18)23(28)25-20(21(26)22(24)27)13-6-4-5-9-14-29-17/h3,7-8,10-12,15,20H,1,4-6,9,13-14H2,2H3,(H2,24,27)(H,25,28)/b16-15+,17-10+/t20-/m0/s1. The lowest BCUT2D eigenvalue weighted by Crippen LogP contribution is -2.46. The second kappa shape index (κ2) is 11.0. The van der Waals surface area contributed by atoms with Crippen LogP contribution in [0.5, 0.6) is 0 Å². The lowest BCUT2D eigenvalue weighted by atomic mass is 9.98. The third-order valence-electron chi connectivity index (χ3n) is 4.76. The second-order valence-electron chi connectivity index (χ2n) is 6.98. The van der Waals surface area contributed by atoms with Crippen LogP contribution in [0.15, 0.2) is 54.8 Å². The van der Waals surface area contributed by atoms with Crippen LogP contribution in [0.4, 0.5) is 0 Å². The Hall–Kier alpha value is -3.15. The number of hydrogen-bond donors (Lipinski definition) is 2. The fraction of sp³-hybridized carbons (Fsp3) is 0.348. The summed E-state index contributed by atoms with van der Waals surface area (Å²) >= 11 is 0. The van der Waals surface area contributed by atoms with E-state index in [1.807, 2.05) is 25.1 Å². The quantitative estimate of drug-likeness (QED) is 0.766. The van der Waals surface area contributed by atoms with E-state index in [4.69, 9.17) is 10.5 Å². The summed E-state index contributed by atoms with van der Waals surface area (Å²) in [5, 5.41) is 2.70. The summed E-state index contributed by atoms with van der Waals surface area (Å²) in [6.45, 7) is 6.17. The Labute approximate surface area is 171 Å². The van der Waals surface area contributed by atoms with Crippen LogP contribution >= 0.6 is 0 Å². The molecule has 3 N–H and O–H groups in total. The number of carbonyl (C=O) groups is 3. The van der Waals surface area contributed by atoms with Gasteiger partial charge in [-0.3, -0.25) is 14.4 Å². The molecule has 6 heteroatoms. The minimum atomic E-state index is -1.04. The summed E-state index contributed by atoms with van der Waals surface area (Å²) < 4.78 is 5.86. The maximum Gasteiger partial charge on any atom is 0.287 e. The molecule has 2 amide bonds. The van der Waals surface area contributed by atoms with Crippen molar-refractivity contribution in [3.8, 4) is 0 Å². The highest BCUT2D eigenvalue weighted by Crippen LogP contribution is 2.22. The van der Waals surface area contributed by atoms with Gasteiger partial charge in [-0.25, -0.2) is 0 Å². The van der Waals surface area contributed by atoms with Crippen LogP contribution in [0, 0.1) is 0 Å². The normalized spacial score (nSPS) is 22.0. The van der Waals surface area contributed by atoms with Gasteiger partial charge in [-0.15, -0.1) is 0 Å². The molecule has 6 nitrogen and oxygen atoms in total. The summed E-state index contributed by atoms with van der Waals surface area (Å²) in [6.07, 6.45) is 8.99. The summed E-state index contributed by atoms with van der Waals surface area (Å²) in [6, 6.07) is 6.18.